The number of benzene rings is 1. The minimum atomic E-state index is -0.281. The van der Waals surface area contributed by atoms with Gasteiger partial charge in [0.05, 0.1) is 3.57 Å². The second-order valence-electron chi connectivity index (χ2n) is 2.53. The largest absolute Gasteiger partial charge is 0.426 e. The van der Waals surface area contributed by atoms with Gasteiger partial charge in [0.25, 0.3) is 0 Å². The van der Waals surface area contributed by atoms with Crippen molar-refractivity contribution in [3.05, 3.63) is 27.3 Å². The van der Waals surface area contributed by atoms with Crippen LogP contribution in [0, 0.1) is 10.5 Å². The van der Waals surface area contributed by atoms with E-state index < -0.39 is 0 Å². The predicted octanol–water partition coefficient (Wildman–Crippen LogP) is 2.52. The number of hydrogen-bond donors (Lipinski definition) is 0. The molecule has 12 heavy (non-hydrogen) atoms. The van der Waals surface area contributed by atoms with Crippen molar-refractivity contribution >= 4 is 28.6 Å². The van der Waals surface area contributed by atoms with Crippen LogP contribution in [0.5, 0.6) is 5.75 Å². The SMILES string of the molecule is CC(=O)Oc1ccc(C)cc1I. The van der Waals surface area contributed by atoms with Gasteiger partial charge in [-0.1, -0.05) is 6.07 Å². The lowest BCUT2D eigenvalue weighted by Crippen LogP contribution is -2.02. The molecule has 0 saturated carbocycles. The summed E-state index contributed by atoms with van der Waals surface area (Å²) in [5.41, 5.74) is 1.16. The van der Waals surface area contributed by atoms with Gasteiger partial charge in [0.1, 0.15) is 5.75 Å². The zero-order valence-corrected chi connectivity index (χ0v) is 9.08. The first kappa shape index (κ1) is 9.51. The molecule has 0 heterocycles. The van der Waals surface area contributed by atoms with Gasteiger partial charge in [-0.2, -0.15) is 0 Å². The fourth-order valence-corrected chi connectivity index (χ4v) is 1.62. The maximum absolute atomic E-state index is 10.6. The summed E-state index contributed by atoms with van der Waals surface area (Å²) < 4.78 is 5.91. The van der Waals surface area contributed by atoms with Crippen molar-refractivity contribution < 1.29 is 9.53 Å². The van der Waals surface area contributed by atoms with Crippen LogP contribution in [-0.2, 0) is 4.79 Å². The van der Waals surface area contributed by atoms with Gasteiger partial charge in [0.2, 0.25) is 0 Å². The van der Waals surface area contributed by atoms with Gasteiger partial charge in [-0.25, -0.2) is 0 Å². The van der Waals surface area contributed by atoms with Crippen LogP contribution >= 0.6 is 22.6 Å². The number of rotatable bonds is 1. The molecule has 0 spiro atoms. The van der Waals surface area contributed by atoms with E-state index in [1.54, 1.807) is 6.07 Å². The molecule has 1 aromatic carbocycles. The molecule has 1 aromatic rings. The Hall–Kier alpha value is -0.580. The van der Waals surface area contributed by atoms with E-state index >= 15 is 0 Å². The molecule has 0 aliphatic rings. The lowest BCUT2D eigenvalue weighted by molar-refractivity contribution is -0.131. The Bertz CT molecular complexity index is 307. The van der Waals surface area contributed by atoms with Crippen LogP contribution in [0.15, 0.2) is 18.2 Å². The molecule has 2 nitrogen and oxygen atoms in total. The molecular formula is C9H9IO2. The number of ether oxygens (including phenoxy) is 1. The highest BCUT2D eigenvalue weighted by atomic mass is 127. The minimum absolute atomic E-state index is 0.281. The third kappa shape index (κ3) is 2.48. The summed E-state index contributed by atoms with van der Waals surface area (Å²) in [4.78, 5) is 10.6. The third-order valence-electron chi connectivity index (χ3n) is 1.34. The highest BCUT2D eigenvalue weighted by molar-refractivity contribution is 14.1. The summed E-state index contributed by atoms with van der Waals surface area (Å²) in [6.07, 6.45) is 0. The Morgan fingerprint density at radius 2 is 2.17 bits per heavy atom. The van der Waals surface area contributed by atoms with Gasteiger partial charge < -0.3 is 4.74 Å². The first-order valence-electron chi connectivity index (χ1n) is 3.54. The van der Waals surface area contributed by atoms with E-state index in [9.17, 15) is 4.79 Å². The first-order chi connectivity index (χ1) is 5.59. The highest BCUT2D eigenvalue weighted by Crippen LogP contribution is 2.21. The summed E-state index contributed by atoms with van der Waals surface area (Å²) in [7, 11) is 0. The van der Waals surface area contributed by atoms with E-state index in [0.717, 1.165) is 9.13 Å². The average Bonchev–Trinajstić information content (AvgIpc) is 1.94. The smallest absolute Gasteiger partial charge is 0.308 e. The molecule has 0 bridgehead atoms. The summed E-state index contributed by atoms with van der Waals surface area (Å²) in [5.74, 6) is 0.352. The molecular weight excluding hydrogens is 267 g/mol. The van der Waals surface area contributed by atoms with Crippen molar-refractivity contribution in [3.8, 4) is 5.75 Å². The predicted molar refractivity (Wildman–Crippen MR) is 55.2 cm³/mol. The average molecular weight is 276 g/mol. The van der Waals surface area contributed by atoms with Crippen molar-refractivity contribution in [3.63, 3.8) is 0 Å². The van der Waals surface area contributed by atoms with Crippen molar-refractivity contribution in [2.24, 2.45) is 0 Å². The van der Waals surface area contributed by atoms with Crippen LogP contribution in [-0.4, -0.2) is 5.97 Å². The molecule has 3 heteroatoms. The molecule has 0 radical (unpaired) electrons. The number of halogens is 1. The van der Waals surface area contributed by atoms with Crippen LogP contribution in [0.3, 0.4) is 0 Å². The normalized spacial score (nSPS) is 9.58. The van der Waals surface area contributed by atoms with E-state index in [-0.39, 0.29) is 5.97 Å². The standard InChI is InChI=1S/C9H9IO2/c1-6-3-4-9(8(10)5-6)12-7(2)11/h3-5H,1-2H3. The number of carbonyl (C=O) groups excluding carboxylic acids is 1. The molecule has 1 rings (SSSR count). The van der Waals surface area contributed by atoms with Crippen LogP contribution in [0.1, 0.15) is 12.5 Å². The van der Waals surface area contributed by atoms with Crippen LogP contribution in [0.25, 0.3) is 0 Å². The Balaban J connectivity index is 2.93. The summed E-state index contributed by atoms with van der Waals surface area (Å²) >= 11 is 2.14. The monoisotopic (exact) mass is 276 g/mol. The van der Waals surface area contributed by atoms with Gasteiger partial charge in [-0.15, -0.1) is 0 Å². The Morgan fingerprint density at radius 1 is 1.50 bits per heavy atom. The first-order valence-corrected chi connectivity index (χ1v) is 4.62. The van der Waals surface area contributed by atoms with Crippen molar-refractivity contribution in [2.75, 3.05) is 0 Å². The Kier molecular flexibility index (Phi) is 3.08. The van der Waals surface area contributed by atoms with E-state index in [1.165, 1.54) is 6.92 Å². The van der Waals surface area contributed by atoms with Crippen LogP contribution in [0.4, 0.5) is 0 Å². The lowest BCUT2D eigenvalue weighted by atomic mass is 10.2. The zero-order valence-electron chi connectivity index (χ0n) is 6.93. The zero-order chi connectivity index (χ0) is 9.14. The van der Waals surface area contributed by atoms with Gasteiger partial charge in [-0.3, -0.25) is 4.79 Å². The van der Waals surface area contributed by atoms with Crippen molar-refractivity contribution in [1.29, 1.82) is 0 Å². The number of aryl methyl sites for hydroxylation is 1. The van der Waals surface area contributed by atoms with Crippen molar-refractivity contribution in [2.45, 2.75) is 13.8 Å². The van der Waals surface area contributed by atoms with Gasteiger partial charge in [0, 0.05) is 6.92 Å². The lowest BCUT2D eigenvalue weighted by Gasteiger charge is -2.03. The number of hydrogen-bond acceptors (Lipinski definition) is 2. The molecule has 0 fully saturated rings. The fourth-order valence-electron chi connectivity index (χ4n) is 0.843. The van der Waals surface area contributed by atoms with E-state index in [0.29, 0.717) is 5.75 Å². The molecule has 0 amide bonds. The molecule has 0 saturated heterocycles. The van der Waals surface area contributed by atoms with E-state index in [1.807, 2.05) is 19.1 Å². The summed E-state index contributed by atoms with van der Waals surface area (Å²) in [6, 6.07) is 5.69. The van der Waals surface area contributed by atoms with Crippen LogP contribution < -0.4 is 4.74 Å². The molecule has 0 aliphatic heterocycles. The second kappa shape index (κ2) is 3.89. The highest BCUT2D eigenvalue weighted by Gasteiger charge is 2.02. The number of esters is 1. The molecule has 0 N–H and O–H groups in total. The maximum atomic E-state index is 10.6. The molecule has 0 atom stereocenters. The summed E-state index contributed by atoms with van der Waals surface area (Å²) in [5, 5.41) is 0. The van der Waals surface area contributed by atoms with Gasteiger partial charge in [0.15, 0.2) is 0 Å². The second-order valence-corrected chi connectivity index (χ2v) is 3.69. The maximum Gasteiger partial charge on any atom is 0.308 e. The molecule has 0 aliphatic carbocycles. The van der Waals surface area contributed by atoms with Crippen molar-refractivity contribution in [1.82, 2.24) is 0 Å². The Morgan fingerprint density at radius 3 is 2.67 bits per heavy atom. The number of carbonyl (C=O) groups is 1. The van der Waals surface area contributed by atoms with E-state index in [4.69, 9.17) is 4.74 Å². The third-order valence-corrected chi connectivity index (χ3v) is 2.18. The fraction of sp³-hybridized carbons (Fsp3) is 0.222. The summed E-state index contributed by atoms with van der Waals surface area (Å²) in [6.45, 7) is 3.40. The Labute approximate surface area is 85.1 Å². The van der Waals surface area contributed by atoms with Gasteiger partial charge >= 0.3 is 5.97 Å². The molecule has 64 valence electrons. The molecule has 0 aromatic heterocycles. The van der Waals surface area contributed by atoms with E-state index in [2.05, 4.69) is 22.6 Å². The van der Waals surface area contributed by atoms with Gasteiger partial charge in [-0.05, 0) is 47.2 Å². The molecule has 0 unspecified atom stereocenters. The minimum Gasteiger partial charge on any atom is -0.426 e. The quantitative estimate of drug-likeness (QED) is 0.447. The topological polar surface area (TPSA) is 26.3 Å². The van der Waals surface area contributed by atoms with Crippen LogP contribution in [0.2, 0.25) is 0 Å².